The molecule has 8 heteroatoms. The molecule has 1 aliphatic heterocycles. The van der Waals surface area contributed by atoms with Crippen molar-refractivity contribution in [3.63, 3.8) is 0 Å². The molecule has 1 aromatic rings. The maximum absolute atomic E-state index is 11.7. The van der Waals surface area contributed by atoms with Crippen molar-refractivity contribution in [2.45, 2.75) is 32.7 Å². The summed E-state index contributed by atoms with van der Waals surface area (Å²) < 4.78 is 12.4. The normalized spacial score (nSPS) is 16.9. The number of methoxy groups -OCH3 is 1. The SMILES string of the molecule is CCNC(=NCCCCn1ccccc1=O)N1CCC(COCCOC)C1.I. The summed E-state index contributed by atoms with van der Waals surface area (Å²) in [5, 5.41) is 3.40. The molecule has 160 valence electrons. The highest BCUT2D eigenvalue weighted by atomic mass is 127. The van der Waals surface area contributed by atoms with E-state index in [1.54, 1.807) is 23.8 Å². The van der Waals surface area contributed by atoms with Gasteiger partial charge in [0.05, 0.1) is 19.8 Å². The lowest BCUT2D eigenvalue weighted by atomic mass is 10.1. The number of nitrogens with zero attached hydrogens (tertiary/aromatic N) is 3. The Kier molecular flexibility index (Phi) is 13.2. The molecule has 2 heterocycles. The van der Waals surface area contributed by atoms with Gasteiger partial charge in [0, 0.05) is 58.0 Å². The zero-order chi connectivity index (χ0) is 19.3. The summed E-state index contributed by atoms with van der Waals surface area (Å²) in [4.78, 5) is 18.8. The lowest BCUT2D eigenvalue weighted by Gasteiger charge is -2.21. The van der Waals surface area contributed by atoms with Crippen LogP contribution in [0, 0.1) is 5.92 Å². The number of pyridine rings is 1. The topological polar surface area (TPSA) is 68.1 Å². The number of aromatic nitrogens is 1. The molecule has 1 unspecified atom stereocenters. The third-order valence-electron chi connectivity index (χ3n) is 4.67. The van der Waals surface area contributed by atoms with E-state index in [4.69, 9.17) is 14.5 Å². The molecule has 0 aromatic carbocycles. The molecule has 1 aromatic heterocycles. The lowest BCUT2D eigenvalue weighted by molar-refractivity contribution is 0.0536. The minimum absolute atomic E-state index is 0. The Morgan fingerprint density at radius 3 is 2.93 bits per heavy atom. The summed E-state index contributed by atoms with van der Waals surface area (Å²) in [7, 11) is 1.69. The van der Waals surface area contributed by atoms with Gasteiger partial charge in [0.1, 0.15) is 0 Å². The van der Waals surface area contributed by atoms with Crippen LogP contribution in [0.4, 0.5) is 0 Å². The number of likely N-dealkylation sites (tertiary alicyclic amines) is 1. The van der Waals surface area contributed by atoms with Crippen LogP contribution in [0.5, 0.6) is 0 Å². The van der Waals surface area contributed by atoms with Crippen molar-refractivity contribution in [1.82, 2.24) is 14.8 Å². The van der Waals surface area contributed by atoms with Crippen LogP contribution in [0.3, 0.4) is 0 Å². The third-order valence-corrected chi connectivity index (χ3v) is 4.67. The summed E-state index contributed by atoms with van der Waals surface area (Å²) in [6, 6.07) is 5.27. The molecule has 1 atom stereocenters. The predicted molar refractivity (Wildman–Crippen MR) is 124 cm³/mol. The number of halogens is 1. The van der Waals surface area contributed by atoms with Crippen molar-refractivity contribution in [3.05, 3.63) is 34.7 Å². The average molecular weight is 506 g/mol. The molecule has 1 fully saturated rings. The van der Waals surface area contributed by atoms with Crippen LogP contribution in [0.1, 0.15) is 26.2 Å². The van der Waals surface area contributed by atoms with Gasteiger partial charge >= 0.3 is 0 Å². The maximum atomic E-state index is 11.7. The zero-order valence-corrected chi connectivity index (χ0v) is 19.5. The van der Waals surface area contributed by atoms with E-state index in [0.29, 0.717) is 19.1 Å². The van der Waals surface area contributed by atoms with E-state index in [2.05, 4.69) is 17.1 Å². The largest absolute Gasteiger partial charge is 0.382 e. The molecule has 0 spiro atoms. The van der Waals surface area contributed by atoms with Gasteiger partial charge in [-0.25, -0.2) is 0 Å². The van der Waals surface area contributed by atoms with Gasteiger partial charge in [-0.1, -0.05) is 6.07 Å². The van der Waals surface area contributed by atoms with E-state index >= 15 is 0 Å². The molecule has 2 rings (SSSR count). The highest BCUT2D eigenvalue weighted by molar-refractivity contribution is 14.0. The molecule has 0 radical (unpaired) electrons. The number of aryl methyl sites for hydroxylation is 1. The van der Waals surface area contributed by atoms with Crippen LogP contribution in [-0.2, 0) is 16.0 Å². The molecule has 28 heavy (non-hydrogen) atoms. The molecule has 7 nitrogen and oxygen atoms in total. The summed E-state index contributed by atoms with van der Waals surface area (Å²) in [5.74, 6) is 1.55. The number of nitrogens with one attached hydrogen (secondary N) is 1. The second-order valence-corrected chi connectivity index (χ2v) is 6.84. The maximum Gasteiger partial charge on any atom is 0.250 e. The smallest absolute Gasteiger partial charge is 0.250 e. The molecule has 0 saturated carbocycles. The average Bonchev–Trinajstić information content (AvgIpc) is 3.14. The molecule has 1 N–H and O–H groups in total. The Morgan fingerprint density at radius 1 is 1.32 bits per heavy atom. The van der Waals surface area contributed by atoms with Gasteiger partial charge in [-0.05, 0) is 32.3 Å². The Morgan fingerprint density at radius 2 is 2.18 bits per heavy atom. The lowest BCUT2D eigenvalue weighted by Crippen LogP contribution is -2.40. The predicted octanol–water partition coefficient (Wildman–Crippen LogP) is 2.20. The number of hydrogen-bond donors (Lipinski definition) is 1. The van der Waals surface area contributed by atoms with E-state index in [-0.39, 0.29) is 29.5 Å². The Bertz CT molecular complexity index is 623. The van der Waals surface area contributed by atoms with E-state index in [1.165, 1.54) is 0 Å². The van der Waals surface area contributed by atoms with Gasteiger partial charge in [-0.15, -0.1) is 24.0 Å². The van der Waals surface area contributed by atoms with Crippen molar-refractivity contribution in [2.24, 2.45) is 10.9 Å². The van der Waals surface area contributed by atoms with E-state index < -0.39 is 0 Å². The number of rotatable bonds is 11. The summed E-state index contributed by atoms with van der Waals surface area (Å²) in [6.45, 7) is 8.57. The van der Waals surface area contributed by atoms with Crippen molar-refractivity contribution >= 4 is 29.9 Å². The fraction of sp³-hybridized carbons (Fsp3) is 0.700. The van der Waals surface area contributed by atoms with E-state index in [9.17, 15) is 4.79 Å². The van der Waals surface area contributed by atoms with Crippen LogP contribution in [0.15, 0.2) is 34.2 Å². The van der Waals surface area contributed by atoms with Crippen LogP contribution in [0.2, 0.25) is 0 Å². The van der Waals surface area contributed by atoms with Gasteiger partial charge in [-0.2, -0.15) is 0 Å². The minimum Gasteiger partial charge on any atom is -0.382 e. The monoisotopic (exact) mass is 506 g/mol. The van der Waals surface area contributed by atoms with Crippen LogP contribution in [0.25, 0.3) is 0 Å². The molecule has 0 amide bonds. The Hall–Kier alpha value is -1.13. The van der Waals surface area contributed by atoms with Gasteiger partial charge in [-0.3, -0.25) is 9.79 Å². The number of aliphatic imine (C=N–C) groups is 1. The number of unbranched alkanes of at least 4 members (excludes halogenated alkanes) is 1. The van der Waals surface area contributed by atoms with Gasteiger partial charge in [0.2, 0.25) is 5.56 Å². The molecular weight excluding hydrogens is 471 g/mol. The molecule has 0 aliphatic carbocycles. The molecular formula is C20H35IN4O3. The molecule has 1 saturated heterocycles. The number of guanidine groups is 1. The van der Waals surface area contributed by atoms with Crippen LogP contribution >= 0.6 is 24.0 Å². The second-order valence-electron chi connectivity index (χ2n) is 6.84. The first-order valence-corrected chi connectivity index (χ1v) is 10.00. The van der Waals surface area contributed by atoms with Crippen molar-refractivity contribution in [1.29, 1.82) is 0 Å². The minimum atomic E-state index is 0. The number of ether oxygens (including phenoxy) is 2. The van der Waals surface area contributed by atoms with Gasteiger partial charge in [0.15, 0.2) is 5.96 Å². The second kappa shape index (κ2) is 14.8. The van der Waals surface area contributed by atoms with Crippen molar-refractivity contribution in [2.75, 3.05) is 53.1 Å². The first-order chi connectivity index (χ1) is 13.2. The summed E-state index contributed by atoms with van der Waals surface area (Å²) in [5.41, 5.74) is 0.0603. The fourth-order valence-electron chi connectivity index (χ4n) is 3.20. The van der Waals surface area contributed by atoms with E-state index in [1.807, 2.05) is 12.3 Å². The summed E-state index contributed by atoms with van der Waals surface area (Å²) >= 11 is 0. The van der Waals surface area contributed by atoms with Crippen molar-refractivity contribution < 1.29 is 9.47 Å². The molecule has 0 bridgehead atoms. The van der Waals surface area contributed by atoms with Gasteiger partial charge < -0.3 is 24.3 Å². The highest BCUT2D eigenvalue weighted by Crippen LogP contribution is 2.16. The van der Waals surface area contributed by atoms with Gasteiger partial charge in [0.25, 0.3) is 0 Å². The quantitative estimate of drug-likeness (QED) is 0.216. The van der Waals surface area contributed by atoms with E-state index in [0.717, 1.165) is 64.6 Å². The van der Waals surface area contributed by atoms with Crippen LogP contribution in [-0.4, -0.2) is 68.5 Å². The third kappa shape index (κ3) is 8.91. The molecule has 1 aliphatic rings. The Balaban J connectivity index is 0.00000392. The van der Waals surface area contributed by atoms with Crippen LogP contribution < -0.4 is 10.9 Å². The first kappa shape index (κ1) is 24.9. The Labute approximate surface area is 185 Å². The highest BCUT2D eigenvalue weighted by Gasteiger charge is 2.24. The zero-order valence-electron chi connectivity index (χ0n) is 17.1. The first-order valence-electron chi connectivity index (χ1n) is 10.00. The summed E-state index contributed by atoms with van der Waals surface area (Å²) in [6.07, 6.45) is 4.89. The number of hydrogen-bond acceptors (Lipinski definition) is 4. The standard InChI is InChI=1S/C20H34N4O3.HI/c1-3-21-20(24-13-9-18(16-24)17-27-15-14-26-2)22-10-5-7-12-23-11-6-4-8-19(23)25;/h4,6,8,11,18H,3,5,7,9-10,12-17H2,1-2H3,(H,21,22);1H. The fourth-order valence-corrected chi connectivity index (χ4v) is 3.20. The van der Waals surface area contributed by atoms with Crippen molar-refractivity contribution in [3.8, 4) is 0 Å².